The van der Waals surface area contributed by atoms with Crippen molar-refractivity contribution in [2.75, 3.05) is 4.90 Å². The molecule has 6 nitrogen and oxygen atoms in total. The number of ether oxygens (including phenoxy) is 1. The Kier molecular flexibility index (Phi) is 3.76. The summed E-state index contributed by atoms with van der Waals surface area (Å²) in [4.78, 5) is 39.6. The lowest BCUT2D eigenvalue weighted by Gasteiger charge is -2.34. The molecule has 2 heterocycles. The van der Waals surface area contributed by atoms with Crippen molar-refractivity contribution in [1.82, 2.24) is 4.98 Å². The lowest BCUT2D eigenvalue weighted by molar-refractivity contribution is -0.132. The molecule has 0 bridgehead atoms. The number of halogens is 1. The second-order valence-electron chi connectivity index (χ2n) is 5.33. The van der Waals surface area contributed by atoms with Gasteiger partial charge in [-0.3, -0.25) is 9.59 Å². The van der Waals surface area contributed by atoms with Crippen LogP contribution in [0.5, 0.6) is 5.88 Å². The van der Waals surface area contributed by atoms with Gasteiger partial charge in [0.1, 0.15) is 0 Å². The summed E-state index contributed by atoms with van der Waals surface area (Å²) in [5.41, 5.74) is -0.978. The number of nitrogens with zero attached hydrogens (tertiary/aromatic N) is 2. The van der Waals surface area contributed by atoms with Crippen LogP contribution in [0.15, 0.2) is 18.3 Å². The number of hydrogen-bond acceptors (Lipinski definition) is 5. The van der Waals surface area contributed by atoms with Crippen LogP contribution in [0.1, 0.15) is 26.7 Å². The van der Waals surface area contributed by atoms with E-state index in [1.807, 2.05) is 13.8 Å². The van der Waals surface area contributed by atoms with E-state index < -0.39 is 5.43 Å². The molecule has 0 aliphatic carbocycles. The fourth-order valence-electron chi connectivity index (χ4n) is 2.11. The summed E-state index contributed by atoms with van der Waals surface area (Å²) in [6, 6.07) is 2.85. The Morgan fingerprint density at radius 2 is 1.90 bits per heavy atom. The van der Waals surface area contributed by atoms with Gasteiger partial charge in [-0.1, -0.05) is 13.8 Å². The van der Waals surface area contributed by atoms with Gasteiger partial charge in [0.2, 0.25) is 17.7 Å². The van der Waals surface area contributed by atoms with E-state index in [9.17, 15) is 14.4 Å². The van der Waals surface area contributed by atoms with Crippen molar-refractivity contribution in [2.24, 2.45) is 5.41 Å². The molecule has 2 amide bonds. The summed E-state index contributed by atoms with van der Waals surface area (Å²) in [6.07, 6.45) is 1.87. The third-order valence-electron chi connectivity index (χ3n) is 2.92. The molecule has 1 fully saturated rings. The van der Waals surface area contributed by atoms with Gasteiger partial charge in [-0.25, -0.2) is 14.7 Å². The topological polar surface area (TPSA) is 76.6 Å². The molecule has 1 saturated heterocycles. The zero-order valence-electron chi connectivity index (χ0n) is 11.1. The predicted molar refractivity (Wildman–Crippen MR) is 71.6 cm³/mol. The van der Waals surface area contributed by atoms with Gasteiger partial charge in [-0.15, -0.1) is 0 Å². The average Bonchev–Trinajstić information content (AvgIpc) is 2.28. The first-order valence-electron chi connectivity index (χ1n) is 5.98. The van der Waals surface area contributed by atoms with Crippen molar-refractivity contribution >= 4 is 34.5 Å². The molecule has 1 aromatic rings. The average molecular weight is 297 g/mol. The Hall–Kier alpha value is -1.95. The quantitative estimate of drug-likeness (QED) is 0.619. The van der Waals surface area contributed by atoms with Crippen molar-refractivity contribution in [3.63, 3.8) is 0 Å². The Morgan fingerprint density at radius 1 is 1.30 bits per heavy atom. The number of aromatic nitrogens is 1. The van der Waals surface area contributed by atoms with Gasteiger partial charge in [-0.2, -0.15) is 0 Å². The molecule has 0 unspecified atom stereocenters. The molecule has 0 N–H and O–H groups in total. The molecule has 0 spiro atoms. The smallest absolute Gasteiger partial charge is 0.395 e. The number of amides is 2. The second-order valence-corrected chi connectivity index (χ2v) is 5.64. The van der Waals surface area contributed by atoms with E-state index in [1.165, 1.54) is 18.3 Å². The first-order chi connectivity index (χ1) is 9.28. The van der Waals surface area contributed by atoms with Crippen LogP contribution < -0.4 is 9.64 Å². The summed E-state index contributed by atoms with van der Waals surface area (Å²) in [5, 5.41) is 0. The summed E-state index contributed by atoms with van der Waals surface area (Å²) < 4.78 is 4.57. The minimum atomic E-state index is -1.00. The number of piperidine rings is 1. The van der Waals surface area contributed by atoms with Gasteiger partial charge in [0.15, 0.2) is 0 Å². The third kappa shape index (κ3) is 3.14. The monoisotopic (exact) mass is 296 g/mol. The lowest BCUT2D eigenvalue weighted by atomic mass is 9.81. The molecule has 0 radical (unpaired) electrons. The van der Waals surface area contributed by atoms with Gasteiger partial charge in [0.25, 0.3) is 0 Å². The molecule has 1 aromatic heterocycles. The first kappa shape index (κ1) is 14.5. The largest absolute Gasteiger partial charge is 0.410 e. The van der Waals surface area contributed by atoms with Crippen LogP contribution in [0, 0.1) is 5.41 Å². The molecule has 106 valence electrons. The molecule has 0 aromatic carbocycles. The Bertz CT molecular complexity index is 548. The SMILES string of the molecule is CC1(C)CC(=O)N(c2ccc(OC(=O)Cl)nc2)C(=O)C1. The number of pyridine rings is 1. The summed E-state index contributed by atoms with van der Waals surface area (Å²) in [7, 11) is 0. The van der Waals surface area contributed by atoms with Crippen LogP contribution in [0.4, 0.5) is 10.5 Å². The number of hydrogen-bond donors (Lipinski definition) is 0. The minimum absolute atomic E-state index is 0.00554. The zero-order valence-corrected chi connectivity index (χ0v) is 11.8. The molecule has 2 rings (SSSR count). The summed E-state index contributed by atoms with van der Waals surface area (Å²) in [6.45, 7) is 3.75. The number of carbonyl (C=O) groups excluding carboxylic acids is 3. The van der Waals surface area contributed by atoms with Crippen LogP contribution in [-0.4, -0.2) is 22.2 Å². The highest BCUT2D eigenvalue weighted by molar-refractivity contribution is 6.61. The second kappa shape index (κ2) is 5.20. The Morgan fingerprint density at radius 3 is 2.35 bits per heavy atom. The van der Waals surface area contributed by atoms with E-state index in [0.29, 0.717) is 5.69 Å². The normalized spacial score (nSPS) is 18.1. The molecule has 0 saturated carbocycles. The van der Waals surface area contributed by atoms with E-state index in [0.717, 1.165) is 4.90 Å². The highest BCUT2D eigenvalue weighted by Gasteiger charge is 2.38. The number of carbonyl (C=O) groups is 3. The molecule has 0 atom stereocenters. The Balaban J connectivity index is 2.21. The van der Waals surface area contributed by atoms with Crippen LogP contribution >= 0.6 is 11.6 Å². The molecular weight excluding hydrogens is 284 g/mol. The van der Waals surface area contributed by atoms with Crippen LogP contribution in [-0.2, 0) is 9.59 Å². The van der Waals surface area contributed by atoms with E-state index >= 15 is 0 Å². The number of rotatable bonds is 2. The standard InChI is InChI=1S/C13H13ClN2O4/c1-13(2)5-10(17)16(11(18)6-13)8-3-4-9(15-7-8)20-12(14)19/h3-4,7H,5-6H2,1-2H3. The van der Waals surface area contributed by atoms with E-state index in [2.05, 4.69) is 9.72 Å². The van der Waals surface area contributed by atoms with Crippen molar-refractivity contribution in [3.8, 4) is 5.88 Å². The number of imide groups is 1. The first-order valence-corrected chi connectivity index (χ1v) is 6.35. The maximum Gasteiger partial charge on any atom is 0.410 e. The minimum Gasteiger partial charge on any atom is -0.395 e. The van der Waals surface area contributed by atoms with Crippen molar-refractivity contribution in [2.45, 2.75) is 26.7 Å². The van der Waals surface area contributed by atoms with Gasteiger partial charge in [-0.05, 0) is 11.5 Å². The van der Waals surface area contributed by atoms with Gasteiger partial charge >= 0.3 is 5.43 Å². The van der Waals surface area contributed by atoms with E-state index in [4.69, 9.17) is 11.6 Å². The highest BCUT2D eigenvalue weighted by Crippen LogP contribution is 2.34. The lowest BCUT2D eigenvalue weighted by Crippen LogP contribution is -2.46. The van der Waals surface area contributed by atoms with Crippen LogP contribution in [0.25, 0.3) is 0 Å². The van der Waals surface area contributed by atoms with Crippen molar-refractivity contribution < 1.29 is 19.1 Å². The highest BCUT2D eigenvalue weighted by atomic mass is 35.5. The third-order valence-corrected chi connectivity index (χ3v) is 3.00. The van der Waals surface area contributed by atoms with Crippen molar-refractivity contribution in [1.29, 1.82) is 0 Å². The predicted octanol–water partition coefficient (Wildman–Crippen LogP) is 2.50. The van der Waals surface area contributed by atoms with Crippen LogP contribution in [0.2, 0.25) is 0 Å². The van der Waals surface area contributed by atoms with Gasteiger partial charge < -0.3 is 4.74 Å². The zero-order chi connectivity index (χ0) is 14.9. The van der Waals surface area contributed by atoms with Gasteiger partial charge in [0, 0.05) is 30.5 Å². The molecule has 1 aliphatic heterocycles. The summed E-state index contributed by atoms with van der Waals surface area (Å²) >= 11 is 5.06. The van der Waals surface area contributed by atoms with E-state index in [1.54, 1.807) is 0 Å². The fraction of sp³-hybridized carbons (Fsp3) is 0.385. The molecule has 7 heteroatoms. The Labute approximate surface area is 120 Å². The van der Waals surface area contributed by atoms with Crippen molar-refractivity contribution in [3.05, 3.63) is 18.3 Å². The van der Waals surface area contributed by atoms with Gasteiger partial charge in [0.05, 0.1) is 11.9 Å². The maximum atomic E-state index is 12.1. The molecule has 1 aliphatic rings. The maximum absolute atomic E-state index is 12.1. The molecule has 20 heavy (non-hydrogen) atoms. The van der Waals surface area contributed by atoms with Crippen LogP contribution in [0.3, 0.4) is 0 Å². The fourth-order valence-corrected chi connectivity index (χ4v) is 2.19. The molecular formula is C13H13ClN2O4. The van der Waals surface area contributed by atoms with E-state index in [-0.39, 0.29) is 36.0 Å². The summed E-state index contributed by atoms with van der Waals surface area (Å²) in [5.74, 6) is -0.531. The number of anilines is 1.